The van der Waals surface area contributed by atoms with Crippen LogP contribution in [0.5, 0.6) is 0 Å². The van der Waals surface area contributed by atoms with Gasteiger partial charge in [-0.2, -0.15) is 0 Å². The van der Waals surface area contributed by atoms with Crippen LogP contribution in [0.2, 0.25) is 0 Å². The average Bonchev–Trinajstić information content (AvgIpc) is 2.62. The molecule has 1 N–H and O–H groups in total. The van der Waals surface area contributed by atoms with Gasteiger partial charge in [0.2, 0.25) is 11.8 Å². The fourth-order valence-corrected chi connectivity index (χ4v) is 2.96. The Kier molecular flexibility index (Phi) is 6.32. The second-order valence-corrected chi connectivity index (χ2v) is 5.98. The van der Waals surface area contributed by atoms with Crippen LogP contribution in [0.1, 0.15) is 0 Å². The number of carbonyl (C=O) groups is 4. The molecule has 4 amide bonds. The van der Waals surface area contributed by atoms with E-state index in [9.17, 15) is 19.2 Å². The minimum Gasteiger partial charge on any atom is -0.467 e. The lowest BCUT2D eigenvalue weighted by molar-refractivity contribution is -0.159. The molecule has 2 saturated heterocycles. The lowest BCUT2D eigenvalue weighted by atomic mass is 9.93. The van der Waals surface area contributed by atoms with Gasteiger partial charge in [0, 0.05) is 40.3 Å². The molecule has 10 heteroatoms. The highest BCUT2D eigenvalue weighted by molar-refractivity contribution is 6.12. The van der Waals surface area contributed by atoms with Crippen LogP contribution >= 0.6 is 0 Å². The highest BCUT2D eigenvalue weighted by Gasteiger charge is 2.51. The summed E-state index contributed by atoms with van der Waals surface area (Å²) in [5.41, 5.74) is 0. The molecular weight excluding hydrogens is 332 g/mol. The number of likely N-dealkylation sites (N-methyl/N-ethyl adjacent to an activating group) is 1. The second-order valence-electron chi connectivity index (χ2n) is 5.98. The van der Waals surface area contributed by atoms with Crippen molar-refractivity contribution in [3.8, 4) is 0 Å². The van der Waals surface area contributed by atoms with E-state index in [2.05, 4.69) is 15.0 Å². The number of esters is 1. The molecule has 2 aliphatic heterocycles. The number of hydrogen-bond acceptors (Lipinski definition) is 7. The molecule has 0 saturated carbocycles. The number of urea groups is 1. The van der Waals surface area contributed by atoms with Crippen molar-refractivity contribution in [2.45, 2.75) is 6.04 Å². The van der Waals surface area contributed by atoms with Crippen molar-refractivity contribution in [1.29, 1.82) is 0 Å². The van der Waals surface area contributed by atoms with Crippen LogP contribution in [0, 0.1) is 5.92 Å². The lowest BCUT2D eigenvalue weighted by Gasteiger charge is -2.39. The first-order valence-corrected chi connectivity index (χ1v) is 8.08. The molecule has 2 atom stereocenters. The number of ether oxygens (including phenoxy) is 2. The molecule has 10 nitrogen and oxygen atoms in total. The van der Waals surface area contributed by atoms with Gasteiger partial charge in [-0.1, -0.05) is 0 Å². The number of imide groups is 1. The number of nitrogens with one attached hydrogen (secondary N) is 1. The second kappa shape index (κ2) is 8.26. The molecule has 0 bridgehead atoms. The van der Waals surface area contributed by atoms with Gasteiger partial charge < -0.3 is 19.7 Å². The molecular formula is C15H24N4O6. The first kappa shape index (κ1) is 19.1. The quantitative estimate of drug-likeness (QED) is 0.453. The number of morpholine rings is 1. The Bertz CT molecular complexity index is 548. The smallest absolute Gasteiger partial charge is 0.330 e. The normalized spacial score (nSPS) is 25.1. The summed E-state index contributed by atoms with van der Waals surface area (Å²) < 4.78 is 9.92. The third kappa shape index (κ3) is 4.07. The van der Waals surface area contributed by atoms with E-state index in [1.807, 2.05) is 0 Å². The Balaban J connectivity index is 2.03. The SMILES string of the molecule is COC(=O)C1C(C(=O)NCCN2CCOCC2)C(=O)N(C)C(=O)N1C. The van der Waals surface area contributed by atoms with Crippen LogP contribution in [-0.4, -0.2) is 105 Å². The van der Waals surface area contributed by atoms with Crippen LogP contribution in [-0.2, 0) is 23.9 Å². The first-order chi connectivity index (χ1) is 11.9. The molecule has 2 aliphatic rings. The first-order valence-electron chi connectivity index (χ1n) is 8.08. The Morgan fingerprint density at radius 2 is 1.88 bits per heavy atom. The van der Waals surface area contributed by atoms with Gasteiger partial charge in [-0.15, -0.1) is 0 Å². The standard InChI is InChI=1S/C15H24N4O6/c1-17-11(14(22)24-3)10(13(21)18(2)15(17)23)12(20)16-4-5-19-6-8-25-9-7-19/h10-11H,4-9H2,1-3H3,(H,16,20). The van der Waals surface area contributed by atoms with E-state index < -0.39 is 35.8 Å². The van der Waals surface area contributed by atoms with Crippen LogP contribution < -0.4 is 5.32 Å². The van der Waals surface area contributed by atoms with Crippen molar-refractivity contribution in [2.24, 2.45) is 5.92 Å². The molecule has 0 spiro atoms. The number of methoxy groups -OCH3 is 1. The molecule has 2 unspecified atom stereocenters. The van der Waals surface area contributed by atoms with Gasteiger partial charge in [0.1, 0.15) is 5.92 Å². The van der Waals surface area contributed by atoms with Gasteiger partial charge >= 0.3 is 12.0 Å². The summed E-state index contributed by atoms with van der Waals surface area (Å²) in [5, 5.41) is 2.68. The maximum Gasteiger partial charge on any atom is 0.330 e. The number of carbonyl (C=O) groups excluding carboxylic acids is 4. The Hall–Kier alpha value is -2.20. The summed E-state index contributed by atoms with van der Waals surface area (Å²) in [6.07, 6.45) is 0. The fraction of sp³-hybridized carbons (Fsp3) is 0.733. The maximum atomic E-state index is 12.5. The largest absolute Gasteiger partial charge is 0.467 e. The molecule has 0 aromatic heterocycles. The monoisotopic (exact) mass is 356 g/mol. The highest BCUT2D eigenvalue weighted by Crippen LogP contribution is 2.22. The molecule has 2 heterocycles. The number of rotatable bonds is 5. The van der Waals surface area contributed by atoms with Crippen molar-refractivity contribution >= 4 is 23.8 Å². The molecule has 0 radical (unpaired) electrons. The Morgan fingerprint density at radius 1 is 1.24 bits per heavy atom. The predicted molar refractivity (Wildman–Crippen MR) is 85.5 cm³/mol. The van der Waals surface area contributed by atoms with E-state index in [1.165, 1.54) is 14.1 Å². The van der Waals surface area contributed by atoms with E-state index in [0.717, 1.165) is 30.0 Å². The summed E-state index contributed by atoms with van der Waals surface area (Å²) in [6.45, 7) is 3.81. The van der Waals surface area contributed by atoms with Crippen molar-refractivity contribution in [2.75, 3.05) is 60.6 Å². The summed E-state index contributed by atoms with van der Waals surface area (Å²) in [4.78, 5) is 53.0. The third-order valence-electron chi connectivity index (χ3n) is 4.47. The molecule has 140 valence electrons. The zero-order valence-corrected chi connectivity index (χ0v) is 14.7. The van der Waals surface area contributed by atoms with Crippen molar-refractivity contribution in [1.82, 2.24) is 20.0 Å². The molecule has 2 fully saturated rings. The molecule has 0 aliphatic carbocycles. The van der Waals surface area contributed by atoms with Crippen LogP contribution in [0.15, 0.2) is 0 Å². The molecule has 25 heavy (non-hydrogen) atoms. The van der Waals surface area contributed by atoms with Crippen molar-refractivity contribution < 1.29 is 28.7 Å². The van der Waals surface area contributed by atoms with Crippen LogP contribution in [0.3, 0.4) is 0 Å². The summed E-state index contributed by atoms with van der Waals surface area (Å²) in [7, 11) is 3.79. The lowest BCUT2D eigenvalue weighted by Crippen LogP contribution is -2.65. The Morgan fingerprint density at radius 3 is 2.48 bits per heavy atom. The third-order valence-corrected chi connectivity index (χ3v) is 4.47. The van der Waals surface area contributed by atoms with E-state index >= 15 is 0 Å². The molecule has 2 rings (SSSR count). The van der Waals surface area contributed by atoms with Gasteiger partial charge in [0.25, 0.3) is 0 Å². The minimum absolute atomic E-state index is 0.331. The zero-order chi connectivity index (χ0) is 18.6. The van der Waals surface area contributed by atoms with E-state index in [1.54, 1.807) is 0 Å². The number of amides is 4. The average molecular weight is 356 g/mol. The molecule has 0 aromatic rings. The summed E-state index contributed by atoms with van der Waals surface area (Å²) in [5.74, 6) is -3.45. The summed E-state index contributed by atoms with van der Waals surface area (Å²) >= 11 is 0. The highest BCUT2D eigenvalue weighted by atomic mass is 16.5. The number of hydrogen-bond donors (Lipinski definition) is 1. The topological polar surface area (TPSA) is 108 Å². The Labute approximate surface area is 146 Å². The zero-order valence-electron chi connectivity index (χ0n) is 14.7. The van der Waals surface area contributed by atoms with Crippen LogP contribution in [0.4, 0.5) is 4.79 Å². The van der Waals surface area contributed by atoms with Gasteiger partial charge in [-0.25, -0.2) is 9.59 Å². The fourth-order valence-electron chi connectivity index (χ4n) is 2.96. The number of nitrogens with zero attached hydrogens (tertiary/aromatic N) is 3. The van der Waals surface area contributed by atoms with Crippen molar-refractivity contribution in [3.63, 3.8) is 0 Å². The van der Waals surface area contributed by atoms with Crippen LogP contribution in [0.25, 0.3) is 0 Å². The van der Waals surface area contributed by atoms with E-state index in [-0.39, 0.29) is 0 Å². The van der Waals surface area contributed by atoms with E-state index in [0.29, 0.717) is 26.3 Å². The predicted octanol–water partition coefficient (Wildman–Crippen LogP) is -1.88. The van der Waals surface area contributed by atoms with Gasteiger partial charge in [0.05, 0.1) is 20.3 Å². The minimum atomic E-state index is -1.33. The molecule has 0 aromatic carbocycles. The van der Waals surface area contributed by atoms with Crippen molar-refractivity contribution in [3.05, 3.63) is 0 Å². The van der Waals surface area contributed by atoms with Gasteiger partial charge in [0.15, 0.2) is 6.04 Å². The maximum absolute atomic E-state index is 12.5. The van der Waals surface area contributed by atoms with Gasteiger partial charge in [-0.05, 0) is 0 Å². The van der Waals surface area contributed by atoms with Gasteiger partial charge in [-0.3, -0.25) is 19.4 Å². The van der Waals surface area contributed by atoms with E-state index in [4.69, 9.17) is 4.74 Å². The summed E-state index contributed by atoms with van der Waals surface area (Å²) in [6, 6.07) is -1.93.